The van der Waals surface area contributed by atoms with Crippen molar-refractivity contribution in [2.75, 3.05) is 33.5 Å². The summed E-state index contributed by atoms with van der Waals surface area (Å²) in [6.07, 6.45) is 0. The predicted molar refractivity (Wildman–Crippen MR) is 38.9 cm³/mol. The van der Waals surface area contributed by atoms with Crippen LogP contribution >= 0.6 is 0 Å². The first kappa shape index (κ1) is 9.88. The van der Waals surface area contributed by atoms with Crippen LogP contribution in [0, 0.1) is 5.92 Å². The molecular weight excluding hydrogens is 132 g/mol. The van der Waals surface area contributed by atoms with Crippen LogP contribution in [0.4, 0.5) is 0 Å². The van der Waals surface area contributed by atoms with Gasteiger partial charge in [-0.3, -0.25) is 0 Å². The molecule has 0 saturated carbocycles. The molecule has 0 aliphatic heterocycles. The number of ether oxygens (including phenoxy) is 2. The second-order valence-corrected chi connectivity index (χ2v) is 2.36. The molecule has 0 spiro atoms. The van der Waals surface area contributed by atoms with E-state index in [4.69, 9.17) is 14.6 Å². The average Bonchev–Trinajstić information content (AvgIpc) is 1.98. The SMILES string of the molecule is COCCOCC(C)CO. The first-order chi connectivity index (χ1) is 4.81. The molecule has 0 radical (unpaired) electrons. The highest BCUT2D eigenvalue weighted by atomic mass is 16.5. The Bertz CT molecular complexity index is 65.9. The molecule has 10 heavy (non-hydrogen) atoms. The molecule has 0 aromatic carbocycles. The summed E-state index contributed by atoms with van der Waals surface area (Å²) in [5.41, 5.74) is 0. The third kappa shape index (κ3) is 6.01. The van der Waals surface area contributed by atoms with E-state index >= 15 is 0 Å². The zero-order valence-electron chi connectivity index (χ0n) is 6.67. The minimum absolute atomic E-state index is 0.187. The fourth-order valence-electron chi connectivity index (χ4n) is 0.479. The number of aliphatic hydroxyl groups is 1. The van der Waals surface area contributed by atoms with Gasteiger partial charge in [-0.2, -0.15) is 0 Å². The van der Waals surface area contributed by atoms with Crippen molar-refractivity contribution in [2.45, 2.75) is 6.92 Å². The van der Waals surface area contributed by atoms with E-state index in [0.717, 1.165) is 0 Å². The molecule has 3 heteroatoms. The van der Waals surface area contributed by atoms with Crippen molar-refractivity contribution in [1.82, 2.24) is 0 Å². The van der Waals surface area contributed by atoms with Crippen LogP contribution in [0.3, 0.4) is 0 Å². The number of hydrogen-bond donors (Lipinski definition) is 1. The molecule has 0 saturated heterocycles. The monoisotopic (exact) mass is 148 g/mol. The van der Waals surface area contributed by atoms with Gasteiger partial charge in [0, 0.05) is 19.6 Å². The highest BCUT2D eigenvalue weighted by molar-refractivity contribution is 4.45. The van der Waals surface area contributed by atoms with E-state index in [9.17, 15) is 0 Å². The zero-order valence-corrected chi connectivity index (χ0v) is 6.67. The minimum Gasteiger partial charge on any atom is -0.396 e. The molecule has 0 amide bonds. The molecule has 0 aromatic rings. The summed E-state index contributed by atoms with van der Waals surface area (Å²) < 4.78 is 9.91. The van der Waals surface area contributed by atoms with Crippen molar-refractivity contribution in [3.05, 3.63) is 0 Å². The van der Waals surface area contributed by atoms with Crippen molar-refractivity contribution >= 4 is 0 Å². The Morgan fingerprint density at radius 2 is 2.10 bits per heavy atom. The number of hydrogen-bond acceptors (Lipinski definition) is 3. The number of rotatable bonds is 6. The lowest BCUT2D eigenvalue weighted by molar-refractivity contribution is 0.0421. The van der Waals surface area contributed by atoms with Gasteiger partial charge < -0.3 is 14.6 Å². The van der Waals surface area contributed by atoms with Crippen LogP contribution in [0.1, 0.15) is 6.92 Å². The molecule has 1 atom stereocenters. The topological polar surface area (TPSA) is 38.7 Å². The smallest absolute Gasteiger partial charge is 0.0700 e. The van der Waals surface area contributed by atoms with Crippen molar-refractivity contribution < 1.29 is 14.6 Å². The van der Waals surface area contributed by atoms with Gasteiger partial charge in [0.25, 0.3) is 0 Å². The second kappa shape index (κ2) is 6.99. The largest absolute Gasteiger partial charge is 0.396 e. The van der Waals surface area contributed by atoms with Gasteiger partial charge in [0.15, 0.2) is 0 Å². The second-order valence-electron chi connectivity index (χ2n) is 2.36. The predicted octanol–water partition coefficient (Wildman–Crippen LogP) is 0.278. The third-order valence-electron chi connectivity index (χ3n) is 1.15. The van der Waals surface area contributed by atoms with Crippen molar-refractivity contribution in [3.63, 3.8) is 0 Å². The number of aliphatic hydroxyl groups excluding tert-OH is 1. The Morgan fingerprint density at radius 3 is 2.60 bits per heavy atom. The van der Waals surface area contributed by atoms with Gasteiger partial charge >= 0.3 is 0 Å². The Kier molecular flexibility index (Phi) is 6.91. The highest BCUT2D eigenvalue weighted by Gasteiger charge is 1.97. The summed E-state index contributed by atoms with van der Waals surface area (Å²) >= 11 is 0. The van der Waals surface area contributed by atoms with E-state index < -0.39 is 0 Å². The molecule has 0 fully saturated rings. The van der Waals surface area contributed by atoms with Gasteiger partial charge in [-0.15, -0.1) is 0 Å². The van der Waals surface area contributed by atoms with Crippen LogP contribution in [0.2, 0.25) is 0 Å². The average molecular weight is 148 g/mol. The lowest BCUT2D eigenvalue weighted by Crippen LogP contribution is -2.12. The van der Waals surface area contributed by atoms with Crippen molar-refractivity contribution in [3.8, 4) is 0 Å². The molecule has 0 heterocycles. The number of methoxy groups -OCH3 is 1. The van der Waals surface area contributed by atoms with Gasteiger partial charge in [-0.1, -0.05) is 6.92 Å². The first-order valence-corrected chi connectivity index (χ1v) is 3.48. The summed E-state index contributed by atoms with van der Waals surface area (Å²) in [6.45, 7) is 3.97. The van der Waals surface area contributed by atoms with Gasteiger partial charge in [0.1, 0.15) is 0 Å². The maximum atomic E-state index is 8.58. The normalized spacial score (nSPS) is 13.5. The molecule has 1 unspecified atom stereocenters. The fraction of sp³-hybridized carbons (Fsp3) is 1.00. The van der Waals surface area contributed by atoms with E-state index in [2.05, 4.69) is 0 Å². The molecule has 0 aliphatic carbocycles. The molecule has 62 valence electrons. The Morgan fingerprint density at radius 1 is 1.40 bits per heavy atom. The van der Waals surface area contributed by atoms with Crippen LogP contribution in [0.5, 0.6) is 0 Å². The van der Waals surface area contributed by atoms with Gasteiger partial charge in [-0.25, -0.2) is 0 Å². The Labute approximate surface area is 62.0 Å². The lowest BCUT2D eigenvalue weighted by atomic mass is 10.2. The highest BCUT2D eigenvalue weighted by Crippen LogP contribution is 1.92. The molecule has 0 aliphatic rings. The van der Waals surface area contributed by atoms with Gasteiger partial charge in [0.2, 0.25) is 0 Å². The Balaban J connectivity index is 2.89. The van der Waals surface area contributed by atoms with Gasteiger partial charge in [-0.05, 0) is 0 Å². The molecular formula is C7H16O3. The van der Waals surface area contributed by atoms with E-state index in [0.29, 0.717) is 19.8 Å². The first-order valence-electron chi connectivity index (χ1n) is 3.48. The third-order valence-corrected chi connectivity index (χ3v) is 1.15. The summed E-state index contributed by atoms with van der Waals surface area (Å²) in [6, 6.07) is 0. The van der Waals surface area contributed by atoms with Crippen LogP contribution in [0.25, 0.3) is 0 Å². The van der Waals surface area contributed by atoms with E-state index in [-0.39, 0.29) is 12.5 Å². The summed E-state index contributed by atoms with van der Waals surface area (Å²) in [5, 5.41) is 8.58. The van der Waals surface area contributed by atoms with Crippen molar-refractivity contribution in [1.29, 1.82) is 0 Å². The molecule has 0 bridgehead atoms. The summed E-state index contributed by atoms with van der Waals surface area (Å²) in [7, 11) is 1.64. The lowest BCUT2D eigenvalue weighted by Gasteiger charge is -2.07. The van der Waals surface area contributed by atoms with E-state index in [1.807, 2.05) is 6.92 Å². The molecule has 3 nitrogen and oxygen atoms in total. The van der Waals surface area contributed by atoms with E-state index in [1.165, 1.54) is 0 Å². The van der Waals surface area contributed by atoms with Crippen LogP contribution in [-0.4, -0.2) is 38.6 Å². The Hall–Kier alpha value is -0.120. The standard InChI is InChI=1S/C7H16O3/c1-7(5-8)6-10-4-3-9-2/h7-8H,3-6H2,1-2H3. The van der Waals surface area contributed by atoms with Crippen LogP contribution < -0.4 is 0 Å². The molecule has 1 N–H and O–H groups in total. The van der Waals surface area contributed by atoms with Crippen LogP contribution in [0.15, 0.2) is 0 Å². The fourth-order valence-corrected chi connectivity index (χ4v) is 0.479. The maximum Gasteiger partial charge on any atom is 0.0700 e. The maximum absolute atomic E-state index is 8.58. The van der Waals surface area contributed by atoms with Gasteiger partial charge in [0.05, 0.1) is 19.8 Å². The van der Waals surface area contributed by atoms with Crippen LogP contribution in [-0.2, 0) is 9.47 Å². The zero-order chi connectivity index (χ0) is 7.82. The summed E-state index contributed by atoms with van der Waals surface area (Å²) in [5.74, 6) is 0.233. The quantitative estimate of drug-likeness (QED) is 0.550. The van der Waals surface area contributed by atoms with Crippen molar-refractivity contribution in [2.24, 2.45) is 5.92 Å². The molecule has 0 aromatic heterocycles. The molecule has 0 rings (SSSR count). The summed E-state index contributed by atoms with van der Waals surface area (Å²) in [4.78, 5) is 0. The minimum atomic E-state index is 0.187. The van der Waals surface area contributed by atoms with E-state index in [1.54, 1.807) is 7.11 Å².